The van der Waals surface area contributed by atoms with Crippen molar-refractivity contribution in [2.24, 2.45) is 10.9 Å². The second kappa shape index (κ2) is 5.52. The number of hydrogen-bond acceptors (Lipinski definition) is 3. The van der Waals surface area contributed by atoms with Crippen molar-refractivity contribution in [2.45, 2.75) is 20.4 Å². The summed E-state index contributed by atoms with van der Waals surface area (Å²) < 4.78 is 2.10. The first-order valence-electron chi connectivity index (χ1n) is 7.07. The summed E-state index contributed by atoms with van der Waals surface area (Å²) in [7, 11) is 0. The molecular weight excluding hydrogens is 276 g/mol. The topological polar surface area (TPSA) is 76.4 Å². The summed E-state index contributed by atoms with van der Waals surface area (Å²) >= 11 is 0. The summed E-state index contributed by atoms with van der Waals surface area (Å²) in [5.74, 6) is 0.115. The Labute approximate surface area is 128 Å². The number of oxime groups is 1. The zero-order valence-electron chi connectivity index (χ0n) is 12.6. The number of imidazole rings is 1. The van der Waals surface area contributed by atoms with Gasteiger partial charge in [-0.05, 0) is 48.7 Å². The van der Waals surface area contributed by atoms with Crippen LogP contribution in [-0.2, 0) is 6.54 Å². The van der Waals surface area contributed by atoms with Crippen molar-refractivity contribution in [1.82, 2.24) is 9.55 Å². The van der Waals surface area contributed by atoms with Gasteiger partial charge in [0, 0.05) is 12.1 Å². The van der Waals surface area contributed by atoms with Gasteiger partial charge in [0.25, 0.3) is 0 Å². The number of amidine groups is 1. The van der Waals surface area contributed by atoms with Gasteiger partial charge < -0.3 is 15.5 Å². The largest absolute Gasteiger partial charge is 0.409 e. The maximum Gasteiger partial charge on any atom is 0.170 e. The van der Waals surface area contributed by atoms with Crippen LogP contribution in [0.2, 0.25) is 0 Å². The summed E-state index contributed by atoms with van der Waals surface area (Å²) in [6.07, 6.45) is 1.85. The number of nitrogens with two attached hydrogens (primary N) is 1. The number of fused-ring (bicyclic) bond motifs is 1. The molecule has 1 aromatic heterocycles. The van der Waals surface area contributed by atoms with Crippen molar-refractivity contribution >= 4 is 16.9 Å². The fourth-order valence-electron chi connectivity index (χ4n) is 2.52. The maximum absolute atomic E-state index is 8.78. The summed E-state index contributed by atoms with van der Waals surface area (Å²) in [4.78, 5) is 4.47. The van der Waals surface area contributed by atoms with Crippen LogP contribution in [0.3, 0.4) is 0 Å². The molecule has 22 heavy (non-hydrogen) atoms. The number of benzene rings is 2. The molecule has 3 N–H and O–H groups in total. The van der Waals surface area contributed by atoms with Gasteiger partial charge in [-0.25, -0.2) is 4.98 Å². The van der Waals surface area contributed by atoms with Gasteiger partial charge in [0.15, 0.2) is 5.84 Å². The van der Waals surface area contributed by atoms with Crippen LogP contribution in [0, 0.1) is 13.8 Å². The molecular formula is C17H18N4O. The molecule has 0 aliphatic carbocycles. The number of hydrogen-bond donors (Lipinski definition) is 2. The highest BCUT2D eigenvalue weighted by molar-refractivity contribution is 5.97. The van der Waals surface area contributed by atoms with E-state index in [0.29, 0.717) is 12.1 Å². The van der Waals surface area contributed by atoms with E-state index in [4.69, 9.17) is 10.9 Å². The normalized spacial score (nSPS) is 12.0. The van der Waals surface area contributed by atoms with Gasteiger partial charge in [-0.15, -0.1) is 0 Å². The molecule has 0 spiro atoms. The van der Waals surface area contributed by atoms with E-state index in [2.05, 4.69) is 40.7 Å². The third kappa shape index (κ3) is 2.53. The van der Waals surface area contributed by atoms with Crippen LogP contribution in [0.4, 0.5) is 0 Å². The molecule has 0 saturated heterocycles. The second-order valence-corrected chi connectivity index (χ2v) is 5.48. The van der Waals surface area contributed by atoms with Gasteiger partial charge in [-0.3, -0.25) is 0 Å². The molecule has 3 rings (SSSR count). The average Bonchev–Trinajstić information content (AvgIpc) is 2.89. The summed E-state index contributed by atoms with van der Waals surface area (Å²) in [5, 5.41) is 11.8. The summed E-state index contributed by atoms with van der Waals surface area (Å²) in [6.45, 7) is 4.88. The monoisotopic (exact) mass is 294 g/mol. The van der Waals surface area contributed by atoms with Gasteiger partial charge in [-0.1, -0.05) is 23.4 Å². The molecule has 0 saturated carbocycles. The van der Waals surface area contributed by atoms with Crippen molar-refractivity contribution < 1.29 is 5.21 Å². The van der Waals surface area contributed by atoms with E-state index >= 15 is 0 Å². The Kier molecular flexibility index (Phi) is 3.55. The van der Waals surface area contributed by atoms with Crippen LogP contribution < -0.4 is 5.73 Å². The standard InChI is InChI=1S/C17H18N4O/c1-11-6-15-16(7-12(11)2)21(10-19-15)9-13-4-3-5-14(8-13)17(18)20-22/h3-8,10,22H,9H2,1-2H3,(H2,18,20). The molecule has 5 nitrogen and oxygen atoms in total. The van der Waals surface area contributed by atoms with Crippen molar-refractivity contribution in [3.8, 4) is 0 Å². The Morgan fingerprint density at radius 2 is 2.00 bits per heavy atom. The van der Waals surface area contributed by atoms with Gasteiger partial charge in [-0.2, -0.15) is 0 Å². The number of nitrogens with zero attached hydrogens (tertiary/aromatic N) is 3. The predicted molar refractivity (Wildman–Crippen MR) is 87.3 cm³/mol. The zero-order chi connectivity index (χ0) is 15.7. The molecule has 5 heteroatoms. The minimum absolute atomic E-state index is 0.115. The molecule has 0 aliphatic heterocycles. The lowest BCUT2D eigenvalue weighted by atomic mass is 10.1. The molecule has 3 aromatic rings. The smallest absolute Gasteiger partial charge is 0.170 e. The number of aryl methyl sites for hydroxylation is 2. The predicted octanol–water partition coefficient (Wildman–Crippen LogP) is 2.80. The molecule has 0 amide bonds. The first-order valence-corrected chi connectivity index (χ1v) is 7.07. The van der Waals surface area contributed by atoms with Crippen molar-refractivity contribution in [3.63, 3.8) is 0 Å². The fourth-order valence-corrected chi connectivity index (χ4v) is 2.52. The molecule has 0 atom stereocenters. The highest BCUT2D eigenvalue weighted by Gasteiger charge is 2.07. The van der Waals surface area contributed by atoms with Gasteiger partial charge in [0.1, 0.15) is 0 Å². The van der Waals surface area contributed by atoms with E-state index in [1.54, 1.807) is 0 Å². The Hall–Kier alpha value is -2.82. The van der Waals surface area contributed by atoms with E-state index in [1.807, 2.05) is 30.6 Å². The average molecular weight is 294 g/mol. The molecule has 0 bridgehead atoms. The van der Waals surface area contributed by atoms with Gasteiger partial charge in [0.2, 0.25) is 0 Å². The minimum atomic E-state index is 0.115. The Morgan fingerprint density at radius 1 is 1.23 bits per heavy atom. The first-order chi connectivity index (χ1) is 10.6. The van der Waals surface area contributed by atoms with Crippen LogP contribution in [0.5, 0.6) is 0 Å². The molecule has 0 aliphatic rings. The molecule has 0 fully saturated rings. The molecule has 112 valence electrons. The van der Waals surface area contributed by atoms with Crippen molar-refractivity contribution in [3.05, 3.63) is 65.0 Å². The van der Waals surface area contributed by atoms with Crippen LogP contribution >= 0.6 is 0 Å². The zero-order valence-corrected chi connectivity index (χ0v) is 12.6. The lowest BCUT2D eigenvalue weighted by molar-refractivity contribution is 0.318. The lowest BCUT2D eigenvalue weighted by Crippen LogP contribution is -2.13. The molecule has 1 heterocycles. The van der Waals surface area contributed by atoms with E-state index in [9.17, 15) is 0 Å². The number of rotatable bonds is 3. The first kappa shape index (κ1) is 14.1. The Balaban J connectivity index is 1.98. The van der Waals surface area contributed by atoms with E-state index < -0.39 is 0 Å². The fraction of sp³-hybridized carbons (Fsp3) is 0.176. The lowest BCUT2D eigenvalue weighted by Gasteiger charge is -2.08. The van der Waals surface area contributed by atoms with Crippen LogP contribution in [0.25, 0.3) is 11.0 Å². The van der Waals surface area contributed by atoms with Gasteiger partial charge >= 0.3 is 0 Å². The molecule has 0 radical (unpaired) electrons. The van der Waals surface area contributed by atoms with Gasteiger partial charge in [0.05, 0.1) is 17.4 Å². The summed E-state index contributed by atoms with van der Waals surface area (Å²) in [6, 6.07) is 11.9. The quantitative estimate of drug-likeness (QED) is 0.337. The second-order valence-electron chi connectivity index (χ2n) is 5.48. The van der Waals surface area contributed by atoms with E-state index in [-0.39, 0.29) is 5.84 Å². The third-order valence-corrected chi connectivity index (χ3v) is 3.92. The number of aromatic nitrogens is 2. The third-order valence-electron chi connectivity index (χ3n) is 3.92. The minimum Gasteiger partial charge on any atom is -0.409 e. The Bertz CT molecular complexity index is 864. The molecule has 0 unspecified atom stereocenters. The summed E-state index contributed by atoms with van der Waals surface area (Å²) in [5.41, 5.74) is 12.0. The Morgan fingerprint density at radius 3 is 2.77 bits per heavy atom. The van der Waals surface area contributed by atoms with Crippen LogP contribution in [0.15, 0.2) is 47.9 Å². The van der Waals surface area contributed by atoms with Crippen LogP contribution in [0.1, 0.15) is 22.3 Å². The SMILES string of the molecule is Cc1cc2ncn(Cc3cccc(/C(N)=N/O)c3)c2cc1C. The van der Waals surface area contributed by atoms with Crippen molar-refractivity contribution in [2.75, 3.05) is 0 Å². The molecule has 2 aromatic carbocycles. The maximum atomic E-state index is 8.78. The highest BCUT2D eigenvalue weighted by atomic mass is 16.4. The van der Waals surface area contributed by atoms with Crippen LogP contribution in [-0.4, -0.2) is 20.6 Å². The van der Waals surface area contributed by atoms with Crippen molar-refractivity contribution in [1.29, 1.82) is 0 Å². The van der Waals surface area contributed by atoms with E-state index in [1.165, 1.54) is 11.1 Å². The highest BCUT2D eigenvalue weighted by Crippen LogP contribution is 2.19. The van der Waals surface area contributed by atoms with E-state index in [0.717, 1.165) is 16.6 Å².